The first-order valence-electron chi connectivity index (χ1n) is 4.32. The minimum atomic E-state index is -3.03. The normalized spacial score (nSPS) is 58.4. The van der Waals surface area contributed by atoms with Gasteiger partial charge in [0.15, 0.2) is 6.17 Å². The van der Waals surface area contributed by atoms with Crippen molar-refractivity contribution >= 4 is 0 Å². The maximum atomic E-state index is 12.9. The van der Waals surface area contributed by atoms with Crippen molar-refractivity contribution in [1.29, 1.82) is 0 Å². The zero-order valence-corrected chi connectivity index (χ0v) is 6.38. The molecule has 3 heteroatoms. The molecule has 0 aromatic heterocycles. The van der Waals surface area contributed by atoms with Crippen LogP contribution in [0.15, 0.2) is 12.2 Å². The van der Waals surface area contributed by atoms with Gasteiger partial charge in [-0.1, -0.05) is 12.2 Å². The monoisotopic (exact) mass is 174 g/mol. The number of hydrogen-bond donors (Lipinski definition) is 0. The summed E-state index contributed by atoms with van der Waals surface area (Å²) in [5.74, 6) is -4.01. The van der Waals surface area contributed by atoms with Gasteiger partial charge in [-0.3, -0.25) is 0 Å². The van der Waals surface area contributed by atoms with E-state index in [1.807, 2.05) is 12.2 Å². The molecule has 3 rings (SSSR count). The summed E-state index contributed by atoms with van der Waals surface area (Å²) in [6.45, 7) is 0. The molecule has 0 saturated heterocycles. The van der Waals surface area contributed by atoms with Gasteiger partial charge in [-0.2, -0.15) is 0 Å². The summed E-state index contributed by atoms with van der Waals surface area (Å²) in [6, 6.07) is 0. The van der Waals surface area contributed by atoms with Crippen LogP contribution in [0.5, 0.6) is 0 Å². The quantitative estimate of drug-likeness (QED) is 0.495. The van der Waals surface area contributed by atoms with Gasteiger partial charge in [0, 0.05) is 11.8 Å². The highest BCUT2D eigenvalue weighted by Crippen LogP contribution is 2.65. The van der Waals surface area contributed by atoms with Gasteiger partial charge >= 0.3 is 0 Å². The SMILES string of the molecule is FC1C2C3C=CC(C3)C2C1(F)F. The number of fused-ring (bicyclic) bond motifs is 5. The highest BCUT2D eigenvalue weighted by Gasteiger charge is 2.72. The lowest BCUT2D eigenvalue weighted by Gasteiger charge is -2.48. The Kier molecular flexibility index (Phi) is 1.01. The van der Waals surface area contributed by atoms with Crippen molar-refractivity contribution in [1.82, 2.24) is 0 Å². The van der Waals surface area contributed by atoms with E-state index in [4.69, 9.17) is 0 Å². The Balaban J connectivity index is 1.99. The summed E-state index contributed by atoms with van der Waals surface area (Å²) in [6.07, 6.45) is 2.63. The highest BCUT2D eigenvalue weighted by atomic mass is 19.3. The molecular formula is C9H9F3. The molecule has 0 heterocycles. The Labute approximate surface area is 68.4 Å². The molecule has 12 heavy (non-hydrogen) atoms. The van der Waals surface area contributed by atoms with E-state index in [0.717, 1.165) is 6.42 Å². The van der Waals surface area contributed by atoms with Gasteiger partial charge in [-0.15, -0.1) is 0 Å². The fourth-order valence-corrected chi connectivity index (χ4v) is 3.12. The van der Waals surface area contributed by atoms with Gasteiger partial charge < -0.3 is 0 Å². The van der Waals surface area contributed by atoms with Gasteiger partial charge in [-0.25, -0.2) is 13.2 Å². The highest BCUT2D eigenvalue weighted by molar-refractivity contribution is 5.24. The molecule has 66 valence electrons. The van der Waals surface area contributed by atoms with Crippen molar-refractivity contribution in [3.63, 3.8) is 0 Å². The van der Waals surface area contributed by atoms with Gasteiger partial charge in [-0.05, 0) is 18.3 Å². The molecule has 2 bridgehead atoms. The summed E-state index contributed by atoms with van der Waals surface area (Å²) in [4.78, 5) is 0. The van der Waals surface area contributed by atoms with Crippen LogP contribution in [0.3, 0.4) is 0 Å². The largest absolute Gasteiger partial charge is 0.282 e. The van der Waals surface area contributed by atoms with Crippen LogP contribution in [0.1, 0.15) is 6.42 Å². The Morgan fingerprint density at radius 1 is 1.17 bits per heavy atom. The van der Waals surface area contributed by atoms with Crippen molar-refractivity contribution in [2.45, 2.75) is 18.5 Å². The minimum absolute atomic E-state index is 0.0398. The lowest BCUT2D eigenvalue weighted by molar-refractivity contribution is -0.238. The third-order valence-corrected chi connectivity index (χ3v) is 3.67. The smallest absolute Gasteiger partial charge is 0.240 e. The van der Waals surface area contributed by atoms with Gasteiger partial charge in [0.2, 0.25) is 0 Å². The standard InChI is InChI=1S/C9H9F3/c10-8-6-4-1-2-5(3-4)7(6)9(8,11)12/h1-2,4-8H,3H2. The molecule has 3 aliphatic carbocycles. The van der Waals surface area contributed by atoms with Crippen LogP contribution >= 0.6 is 0 Å². The summed E-state index contributed by atoms with van der Waals surface area (Å²) in [5, 5.41) is 0. The Bertz CT molecular complexity index is 258. The maximum Gasteiger partial charge on any atom is 0.282 e. The van der Waals surface area contributed by atoms with E-state index < -0.39 is 18.0 Å². The second-order valence-electron chi connectivity index (χ2n) is 4.13. The molecule has 0 nitrogen and oxygen atoms in total. The average molecular weight is 174 g/mol. The molecule has 3 aliphatic rings. The second kappa shape index (κ2) is 1.73. The molecular weight excluding hydrogens is 165 g/mol. The average Bonchev–Trinajstić information content (AvgIpc) is 2.59. The van der Waals surface area contributed by atoms with E-state index in [-0.39, 0.29) is 17.8 Å². The number of hydrogen-bond acceptors (Lipinski definition) is 0. The van der Waals surface area contributed by atoms with E-state index in [0.29, 0.717) is 0 Å². The van der Waals surface area contributed by atoms with Crippen LogP contribution in [-0.4, -0.2) is 12.1 Å². The van der Waals surface area contributed by atoms with E-state index >= 15 is 0 Å². The number of rotatable bonds is 0. The molecule has 0 amide bonds. The van der Waals surface area contributed by atoms with Crippen LogP contribution in [-0.2, 0) is 0 Å². The first kappa shape index (κ1) is 6.98. The maximum absolute atomic E-state index is 12.9. The van der Waals surface area contributed by atoms with Crippen molar-refractivity contribution in [3.8, 4) is 0 Å². The topological polar surface area (TPSA) is 0 Å². The van der Waals surface area contributed by atoms with Crippen molar-refractivity contribution in [3.05, 3.63) is 12.2 Å². The van der Waals surface area contributed by atoms with Crippen LogP contribution in [0.4, 0.5) is 13.2 Å². The minimum Gasteiger partial charge on any atom is -0.240 e. The van der Waals surface area contributed by atoms with Gasteiger partial charge in [0.05, 0.1) is 0 Å². The molecule has 5 atom stereocenters. The molecule has 0 spiro atoms. The summed E-state index contributed by atoms with van der Waals surface area (Å²) in [5.41, 5.74) is 0. The first-order chi connectivity index (χ1) is 5.62. The van der Waals surface area contributed by atoms with E-state index in [9.17, 15) is 13.2 Å². The Morgan fingerprint density at radius 3 is 2.50 bits per heavy atom. The van der Waals surface area contributed by atoms with Crippen LogP contribution in [0.2, 0.25) is 0 Å². The third-order valence-electron chi connectivity index (χ3n) is 3.67. The first-order valence-corrected chi connectivity index (χ1v) is 4.32. The fourth-order valence-electron chi connectivity index (χ4n) is 3.12. The molecule has 0 aromatic carbocycles. The lowest BCUT2D eigenvalue weighted by atomic mass is 9.63. The van der Waals surface area contributed by atoms with Crippen molar-refractivity contribution in [2.75, 3.05) is 0 Å². The number of allylic oxidation sites excluding steroid dienone is 2. The number of halogens is 3. The lowest BCUT2D eigenvalue weighted by Crippen LogP contribution is -2.60. The molecule has 0 aromatic rings. The van der Waals surface area contributed by atoms with Crippen molar-refractivity contribution in [2.24, 2.45) is 23.7 Å². The van der Waals surface area contributed by atoms with Gasteiger partial charge in [0.25, 0.3) is 5.92 Å². The van der Waals surface area contributed by atoms with Gasteiger partial charge in [0.1, 0.15) is 0 Å². The van der Waals surface area contributed by atoms with Crippen molar-refractivity contribution < 1.29 is 13.2 Å². The second-order valence-corrected chi connectivity index (χ2v) is 4.13. The van der Waals surface area contributed by atoms with E-state index in [2.05, 4.69) is 0 Å². The molecule has 2 saturated carbocycles. The van der Waals surface area contributed by atoms with E-state index in [1.54, 1.807) is 0 Å². The fraction of sp³-hybridized carbons (Fsp3) is 0.778. The predicted octanol–water partition coefficient (Wildman–Crippen LogP) is 2.41. The van der Waals surface area contributed by atoms with E-state index in [1.165, 1.54) is 0 Å². The number of alkyl halides is 3. The summed E-state index contributed by atoms with van der Waals surface area (Å²) >= 11 is 0. The molecule has 5 unspecified atom stereocenters. The third kappa shape index (κ3) is 0.520. The molecule has 0 N–H and O–H groups in total. The zero-order chi connectivity index (χ0) is 8.51. The molecule has 0 radical (unpaired) electrons. The summed E-state index contributed by atoms with van der Waals surface area (Å²) in [7, 11) is 0. The summed E-state index contributed by atoms with van der Waals surface area (Å²) < 4.78 is 38.8. The zero-order valence-electron chi connectivity index (χ0n) is 6.38. The molecule has 0 aliphatic heterocycles. The molecule has 2 fully saturated rings. The van der Waals surface area contributed by atoms with Crippen LogP contribution in [0.25, 0.3) is 0 Å². The predicted molar refractivity (Wildman–Crippen MR) is 37.6 cm³/mol. The van der Waals surface area contributed by atoms with Crippen LogP contribution in [0, 0.1) is 23.7 Å². The Hall–Kier alpha value is -0.470. The van der Waals surface area contributed by atoms with Crippen LogP contribution < -0.4 is 0 Å². The Morgan fingerprint density at radius 2 is 1.83 bits per heavy atom.